The highest BCUT2D eigenvalue weighted by atomic mass is 32.1. The quantitative estimate of drug-likeness (QED) is 0.695. The lowest BCUT2D eigenvalue weighted by molar-refractivity contribution is 0.112. The zero-order valence-electron chi connectivity index (χ0n) is 8.10. The predicted molar refractivity (Wildman–Crippen MR) is 55.9 cm³/mol. The van der Waals surface area contributed by atoms with Crippen LogP contribution in [0, 0.1) is 6.92 Å². The predicted octanol–water partition coefficient (Wildman–Crippen LogP) is 1.63. The first-order valence-corrected chi connectivity index (χ1v) is 5.22. The lowest BCUT2D eigenvalue weighted by atomic mass is 10.1. The minimum atomic E-state index is 0.208. The molecular weight excluding hydrogens is 198 g/mol. The molecule has 0 N–H and O–H groups in total. The number of aldehydes is 1. The fourth-order valence-electron chi connectivity index (χ4n) is 1.59. The topological polar surface area (TPSA) is 45.6 Å². The van der Waals surface area contributed by atoms with Gasteiger partial charge in [0.05, 0.1) is 11.7 Å². The van der Waals surface area contributed by atoms with Crippen LogP contribution in [0.25, 0.3) is 0 Å². The van der Waals surface area contributed by atoms with Crippen molar-refractivity contribution in [1.82, 2.24) is 9.99 Å². The third kappa shape index (κ3) is 1.43. The van der Waals surface area contributed by atoms with E-state index in [-0.39, 0.29) is 6.04 Å². The maximum atomic E-state index is 10.6. The van der Waals surface area contributed by atoms with Crippen molar-refractivity contribution in [3.05, 3.63) is 15.6 Å². The second-order valence-corrected chi connectivity index (χ2v) is 4.47. The van der Waals surface area contributed by atoms with Gasteiger partial charge in [-0.1, -0.05) is 0 Å². The SMILES string of the molecule is Cc1sc(C=O)nc1C1CC=NN1C. The van der Waals surface area contributed by atoms with Gasteiger partial charge in [0, 0.05) is 24.6 Å². The van der Waals surface area contributed by atoms with Gasteiger partial charge in [0.1, 0.15) is 0 Å². The van der Waals surface area contributed by atoms with Gasteiger partial charge in [-0.3, -0.25) is 9.80 Å². The minimum absolute atomic E-state index is 0.208. The van der Waals surface area contributed by atoms with E-state index in [0.717, 1.165) is 23.3 Å². The van der Waals surface area contributed by atoms with Crippen LogP contribution >= 0.6 is 11.3 Å². The van der Waals surface area contributed by atoms with E-state index in [2.05, 4.69) is 10.1 Å². The average Bonchev–Trinajstić information content (AvgIpc) is 2.72. The van der Waals surface area contributed by atoms with Gasteiger partial charge in [0.25, 0.3) is 0 Å². The lowest BCUT2D eigenvalue weighted by Crippen LogP contribution is -2.15. The molecule has 4 nitrogen and oxygen atoms in total. The Labute approximate surface area is 86.3 Å². The molecule has 0 aromatic carbocycles. The van der Waals surface area contributed by atoms with Crippen LogP contribution in [0.3, 0.4) is 0 Å². The molecule has 2 heterocycles. The third-order valence-corrected chi connectivity index (χ3v) is 3.22. The summed E-state index contributed by atoms with van der Waals surface area (Å²) in [7, 11) is 1.92. The van der Waals surface area contributed by atoms with Crippen LogP contribution in [-0.2, 0) is 0 Å². The van der Waals surface area contributed by atoms with Gasteiger partial charge in [-0.2, -0.15) is 5.10 Å². The summed E-state index contributed by atoms with van der Waals surface area (Å²) in [6, 6.07) is 0.208. The molecule has 5 heteroatoms. The van der Waals surface area contributed by atoms with Gasteiger partial charge >= 0.3 is 0 Å². The van der Waals surface area contributed by atoms with Crippen molar-refractivity contribution < 1.29 is 4.79 Å². The van der Waals surface area contributed by atoms with Gasteiger partial charge in [0.15, 0.2) is 11.3 Å². The molecule has 0 amide bonds. The summed E-state index contributed by atoms with van der Waals surface area (Å²) in [5, 5.41) is 6.59. The zero-order valence-corrected chi connectivity index (χ0v) is 8.91. The Morgan fingerprint density at radius 3 is 3.00 bits per heavy atom. The first-order chi connectivity index (χ1) is 6.72. The van der Waals surface area contributed by atoms with Crippen molar-refractivity contribution in [2.24, 2.45) is 5.10 Å². The molecule has 0 radical (unpaired) electrons. The third-order valence-electron chi connectivity index (χ3n) is 2.31. The molecular formula is C9H11N3OS. The highest BCUT2D eigenvalue weighted by molar-refractivity contribution is 7.13. The maximum Gasteiger partial charge on any atom is 0.178 e. The minimum Gasteiger partial charge on any atom is -0.295 e. The summed E-state index contributed by atoms with van der Waals surface area (Å²) in [6.07, 6.45) is 3.56. The fourth-order valence-corrected chi connectivity index (χ4v) is 2.38. The number of aryl methyl sites for hydroxylation is 1. The van der Waals surface area contributed by atoms with Crippen molar-refractivity contribution in [2.45, 2.75) is 19.4 Å². The van der Waals surface area contributed by atoms with Crippen molar-refractivity contribution in [1.29, 1.82) is 0 Å². The molecule has 1 unspecified atom stereocenters. The summed E-state index contributed by atoms with van der Waals surface area (Å²) < 4.78 is 0. The summed E-state index contributed by atoms with van der Waals surface area (Å²) in [5.74, 6) is 0. The molecule has 0 spiro atoms. The van der Waals surface area contributed by atoms with Crippen molar-refractivity contribution in [3.63, 3.8) is 0 Å². The number of rotatable bonds is 2. The fraction of sp³-hybridized carbons (Fsp3) is 0.444. The Hall–Kier alpha value is -1.23. The van der Waals surface area contributed by atoms with Crippen LogP contribution < -0.4 is 0 Å². The normalized spacial score (nSPS) is 20.4. The highest BCUT2D eigenvalue weighted by Crippen LogP contribution is 2.30. The number of thiazole rings is 1. The Balaban J connectivity index is 2.31. The number of hydrogen-bond acceptors (Lipinski definition) is 5. The van der Waals surface area contributed by atoms with E-state index in [1.165, 1.54) is 11.3 Å². The van der Waals surface area contributed by atoms with E-state index >= 15 is 0 Å². The molecule has 74 valence electrons. The van der Waals surface area contributed by atoms with Crippen LogP contribution in [0.2, 0.25) is 0 Å². The molecule has 1 aromatic heterocycles. The Morgan fingerprint density at radius 1 is 1.71 bits per heavy atom. The first kappa shape index (κ1) is 9.33. The Bertz CT molecular complexity index is 385. The molecule has 0 aliphatic carbocycles. The van der Waals surface area contributed by atoms with E-state index in [0.29, 0.717) is 5.01 Å². The zero-order chi connectivity index (χ0) is 10.1. The van der Waals surface area contributed by atoms with E-state index in [1.807, 2.05) is 25.2 Å². The van der Waals surface area contributed by atoms with Crippen molar-refractivity contribution in [3.8, 4) is 0 Å². The molecule has 1 aromatic rings. The van der Waals surface area contributed by atoms with E-state index in [9.17, 15) is 4.79 Å². The van der Waals surface area contributed by atoms with Crippen LogP contribution in [0.4, 0.5) is 0 Å². The second kappa shape index (κ2) is 3.49. The van der Waals surface area contributed by atoms with Crippen molar-refractivity contribution in [2.75, 3.05) is 7.05 Å². The smallest absolute Gasteiger partial charge is 0.178 e. The maximum absolute atomic E-state index is 10.6. The summed E-state index contributed by atoms with van der Waals surface area (Å²) in [5.41, 5.74) is 0.983. The van der Waals surface area contributed by atoms with E-state index in [1.54, 1.807) is 0 Å². The van der Waals surface area contributed by atoms with Gasteiger partial charge < -0.3 is 0 Å². The summed E-state index contributed by atoms with van der Waals surface area (Å²) in [4.78, 5) is 16.0. The second-order valence-electron chi connectivity index (χ2n) is 3.23. The van der Waals surface area contributed by atoms with Crippen LogP contribution in [0.1, 0.15) is 32.8 Å². The van der Waals surface area contributed by atoms with Gasteiger partial charge in [-0.15, -0.1) is 11.3 Å². The first-order valence-electron chi connectivity index (χ1n) is 4.40. The van der Waals surface area contributed by atoms with E-state index < -0.39 is 0 Å². The highest BCUT2D eigenvalue weighted by Gasteiger charge is 2.24. The molecule has 1 aliphatic rings. The summed E-state index contributed by atoms with van der Waals surface area (Å²) in [6.45, 7) is 1.99. The van der Waals surface area contributed by atoms with Crippen LogP contribution in [0.15, 0.2) is 5.10 Å². The number of nitrogens with zero attached hydrogens (tertiary/aromatic N) is 3. The van der Waals surface area contributed by atoms with Gasteiger partial charge in [0.2, 0.25) is 0 Å². The molecule has 1 aliphatic heterocycles. The number of carbonyl (C=O) groups excluding carboxylic acids is 1. The monoisotopic (exact) mass is 209 g/mol. The average molecular weight is 209 g/mol. The summed E-state index contributed by atoms with van der Waals surface area (Å²) >= 11 is 1.44. The molecule has 0 fully saturated rings. The lowest BCUT2D eigenvalue weighted by Gasteiger charge is -2.17. The molecule has 2 rings (SSSR count). The van der Waals surface area contributed by atoms with Crippen LogP contribution in [-0.4, -0.2) is 29.5 Å². The number of aromatic nitrogens is 1. The standard InChI is InChI=1S/C9H11N3OS/c1-6-9(11-8(5-13)14-6)7-3-4-10-12(7)2/h4-5,7H,3H2,1-2H3. The number of hydrazone groups is 1. The van der Waals surface area contributed by atoms with Gasteiger partial charge in [-0.05, 0) is 6.92 Å². The Morgan fingerprint density at radius 2 is 2.50 bits per heavy atom. The molecule has 0 saturated heterocycles. The van der Waals surface area contributed by atoms with Crippen LogP contribution in [0.5, 0.6) is 0 Å². The Kier molecular flexibility index (Phi) is 2.33. The molecule has 14 heavy (non-hydrogen) atoms. The molecule has 0 bridgehead atoms. The number of carbonyl (C=O) groups is 1. The van der Waals surface area contributed by atoms with Crippen molar-refractivity contribution >= 4 is 23.8 Å². The molecule has 1 atom stereocenters. The number of hydrogen-bond donors (Lipinski definition) is 0. The molecule has 0 saturated carbocycles. The largest absolute Gasteiger partial charge is 0.295 e. The van der Waals surface area contributed by atoms with E-state index in [4.69, 9.17) is 0 Å². The van der Waals surface area contributed by atoms with Gasteiger partial charge in [-0.25, -0.2) is 4.98 Å².